The molecule has 0 aliphatic rings. The molecule has 0 amide bonds. The smallest absolute Gasteiger partial charge is 0.229 e. The number of benzene rings is 1. The van der Waals surface area contributed by atoms with E-state index < -0.39 is 5.60 Å². The molecule has 0 aliphatic heterocycles. The van der Waals surface area contributed by atoms with E-state index in [2.05, 4.69) is 10.1 Å². The molecular formula is C13H16FN3O2. The van der Waals surface area contributed by atoms with Crippen molar-refractivity contribution in [2.45, 2.75) is 25.9 Å². The highest BCUT2D eigenvalue weighted by molar-refractivity contribution is 5.59. The van der Waals surface area contributed by atoms with Crippen LogP contribution in [0.5, 0.6) is 0 Å². The van der Waals surface area contributed by atoms with Crippen LogP contribution in [0.4, 0.5) is 4.39 Å². The summed E-state index contributed by atoms with van der Waals surface area (Å²) in [4.78, 5) is 4.19. The number of halogens is 1. The third-order valence-electron chi connectivity index (χ3n) is 2.87. The zero-order chi connectivity index (χ0) is 14.0. The zero-order valence-electron chi connectivity index (χ0n) is 10.9. The van der Waals surface area contributed by atoms with E-state index in [0.29, 0.717) is 17.3 Å². The van der Waals surface area contributed by atoms with Crippen molar-refractivity contribution in [1.29, 1.82) is 0 Å². The van der Waals surface area contributed by atoms with Gasteiger partial charge in [-0.1, -0.05) is 5.16 Å². The summed E-state index contributed by atoms with van der Waals surface area (Å²) < 4.78 is 18.1. The van der Waals surface area contributed by atoms with Crippen molar-refractivity contribution < 1.29 is 14.0 Å². The van der Waals surface area contributed by atoms with Gasteiger partial charge in [-0.05, 0) is 37.6 Å². The van der Waals surface area contributed by atoms with Crippen molar-refractivity contribution in [2.75, 3.05) is 6.54 Å². The number of aryl methyl sites for hydroxylation is 1. The summed E-state index contributed by atoms with van der Waals surface area (Å²) in [5.74, 6) is 0.366. The molecule has 0 saturated heterocycles. The molecule has 0 bridgehead atoms. The second-order valence-corrected chi connectivity index (χ2v) is 4.85. The molecule has 1 unspecified atom stereocenters. The van der Waals surface area contributed by atoms with Crippen molar-refractivity contribution in [3.8, 4) is 11.4 Å². The van der Waals surface area contributed by atoms with Gasteiger partial charge in [-0.2, -0.15) is 4.98 Å². The average Bonchev–Trinajstić information content (AvgIpc) is 2.76. The maximum atomic E-state index is 13.0. The molecule has 1 atom stereocenters. The van der Waals surface area contributed by atoms with Gasteiger partial charge in [-0.25, -0.2) is 4.39 Å². The monoisotopic (exact) mass is 265 g/mol. The van der Waals surface area contributed by atoms with Crippen molar-refractivity contribution in [2.24, 2.45) is 5.73 Å². The topological polar surface area (TPSA) is 85.2 Å². The lowest BCUT2D eigenvalue weighted by Crippen LogP contribution is -2.36. The van der Waals surface area contributed by atoms with Crippen LogP contribution in [-0.2, 0) is 6.42 Å². The van der Waals surface area contributed by atoms with E-state index in [1.807, 2.05) is 0 Å². The van der Waals surface area contributed by atoms with Crippen LogP contribution in [0.2, 0.25) is 0 Å². The number of hydrogen-bond acceptors (Lipinski definition) is 5. The molecule has 6 heteroatoms. The van der Waals surface area contributed by atoms with Gasteiger partial charge in [0.25, 0.3) is 0 Å². The number of aromatic nitrogens is 2. The van der Waals surface area contributed by atoms with E-state index in [0.717, 1.165) is 5.56 Å². The Morgan fingerprint density at radius 3 is 2.84 bits per heavy atom. The Morgan fingerprint density at radius 1 is 1.47 bits per heavy atom. The molecule has 0 aliphatic carbocycles. The van der Waals surface area contributed by atoms with Crippen LogP contribution in [0, 0.1) is 12.7 Å². The molecule has 5 nitrogen and oxygen atoms in total. The van der Waals surface area contributed by atoms with E-state index in [1.54, 1.807) is 19.9 Å². The fraction of sp³-hybridized carbons (Fsp3) is 0.385. The van der Waals surface area contributed by atoms with Crippen molar-refractivity contribution in [1.82, 2.24) is 10.1 Å². The Labute approximate surface area is 110 Å². The Balaban J connectivity index is 2.26. The van der Waals surface area contributed by atoms with Gasteiger partial charge < -0.3 is 15.4 Å². The lowest BCUT2D eigenvalue weighted by atomic mass is 10.0. The second kappa shape index (κ2) is 5.07. The van der Waals surface area contributed by atoms with E-state index in [-0.39, 0.29) is 18.8 Å². The number of rotatable bonds is 4. The molecule has 2 aromatic rings. The maximum Gasteiger partial charge on any atom is 0.229 e. The minimum atomic E-state index is -1.08. The Kier molecular flexibility index (Phi) is 3.64. The maximum absolute atomic E-state index is 13.0. The number of nitrogens with zero attached hydrogens (tertiary/aromatic N) is 2. The van der Waals surface area contributed by atoms with Crippen LogP contribution in [0.15, 0.2) is 22.7 Å². The van der Waals surface area contributed by atoms with Gasteiger partial charge in [0.2, 0.25) is 11.7 Å². The number of hydrogen-bond donors (Lipinski definition) is 2. The first-order valence-corrected chi connectivity index (χ1v) is 5.93. The average molecular weight is 265 g/mol. The number of nitrogens with two attached hydrogens (primary N) is 1. The van der Waals surface area contributed by atoms with Crippen LogP contribution < -0.4 is 5.73 Å². The lowest BCUT2D eigenvalue weighted by molar-refractivity contribution is 0.0610. The summed E-state index contributed by atoms with van der Waals surface area (Å²) in [6, 6.07) is 4.34. The van der Waals surface area contributed by atoms with Crippen LogP contribution in [0.25, 0.3) is 11.4 Å². The number of aliphatic hydroxyl groups is 1. The van der Waals surface area contributed by atoms with Gasteiger partial charge in [-0.15, -0.1) is 0 Å². The standard InChI is InChI=1S/C13H16FN3O2/c1-8-5-9(14)3-4-10(8)12-16-11(19-17-12)6-13(2,18)7-15/h3-5,18H,6-7,15H2,1-2H3. The quantitative estimate of drug-likeness (QED) is 0.873. The summed E-state index contributed by atoms with van der Waals surface area (Å²) >= 11 is 0. The molecule has 1 heterocycles. The highest BCUT2D eigenvalue weighted by Crippen LogP contribution is 2.22. The highest BCUT2D eigenvalue weighted by Gasteiger charge is 2.23. The van der Waals surface area contributed by atoms with Gasteiger partial charge in [0, 0.05) is 12.1 Å². The molecule has 2 rings (SSSR count). The first kappa shape index (κ1) is 13.6. The molecule has 0 spiro atoms. The van der Waals surface area contributed by atoms with E-state index >= 15 is 0 Å². The van der Waals surface area contributed by atoms with Gasteiger partial charge in [0.1, 0.15) is 5.82 Å². The minimum absolute atomic E-state index is 0.0975. The van der Waals surface area contributed by atoms with Crippen molar-refractivity contribution in [3.63, 3.8) is 0 Å². The SMILES string of the molecule is Cc1cc(F)ccc1-c1noc(CC(C)(O)CN)n1. The van der Waals surface area contributed by atoms with Gasteiger partial charge in [0.15, 0.2) is 0 Å². The molecule has 19 heavy (non-hydrogen) atoms. The van der Waals surface area contributed by atoms with Crippen LogP contribution in [-0.4, -0.2) is 27.4 Å². The normalized spacial score (nSPS) is 14.4. The molecule has 3 N–H and O–H groups in total. The lowest BCUT2D eigenvalue weighted by Gasteiger charge is -2.17. The molecule has 102 valence electrons. The minimum Gasteiger partial charge on any atom is -0.388 e. The molecule has 0 fully saturated rings. The molecule has 1 aromatic carbocycles. The first-order valence-electron chi connectivity index (χ1n) is 5.93. The highest BCUT2D eigenvalue weighted by atomic mass is 19.1. The van der Waals surface area contributed by atoms with Gasteiger partial charge in [0.05, 0.1) is 12.0 Å². The van der Waals surface area contributed by atoms with E-state index in [9.17, 15) is 9.50 Å². The molecule has 0 saturated carbocycles. The predicted molar refractivity (Wildman–Crippen MR) is 67.8 cm³/mol. The van der Waals surface area contributed by atoms with Crippen LogP contribution >= 0.6 is 0 Å². The summed E-state index contributed by atoms with van der Waals surface area (Å²) in [5, 5.41) is 13.7. The summed E-state index contributed by atoms with van der Waals surface area (Å²) in [5.41, 5.74) is 5.77. The van der Waals surface area contributed by atoms with Gasteiger partial charge in [-0.3, -0.25) is 0 Å². The third kappa shape index (κ3) is 3.15. The second-order valence-electron chi connectivity index (χ2n) is 4.85. The van der Waals surface area contributed by atoms with Crippen molar-refractivity contribution in [3.05, 3.63) is 35.5 Å². The summed E-state index contributed by atoms with van der Waals surface area (Å²) in [7, 11) is 0. The van der Waals surface area contributed by atoms with Crippen LogP contribution in [0.3, 0.4) is 0 Å². The molecule has 1 aromatic heterocycles. The van der Waals surface area contributed by atoms with Crippen LogP contribution in [0.1, 0.15) is 18.4 Å². The third-order valence-corrected chi connectivity index (χ3v) is 2.87. The van der Waals surface area contributed by atoms with Crippen molar-refractivity contribution >= 4 is 0 Å². The zero-order valence-corrected chi connectivity index (χ0v) is 10.9. The molecule has 0 radical (unpaired) electrons. The Hall–Kier alpha value is -1.79. The Morgan fingerprint density at radius 2 is 2.21 bits per heavy atom. The summed E-state index contributed by atoms with van der Waals surface area (Å²) in [6.45, 7) is 3.46. The van der Waals surface area contributed by atoms with E-state index in [1.165, 1.54) is 12.1 Å². The molecular weight excluding hydrogens is 249 g/mol. The largest absolute Gasteiger partial charge is 0.388 e. The summed E-state index contributed by atoms with van der Waals surface area (Å²) in [6.07, 6.45) is 0.177. The predicted octanol–water partition coefficient (Wildman–Crippen LogP) is 1.44. The van der Waals surface area contributed by atoms with Gasteiger partial charge >= 0.3 is 0 Å². The first-order chi connectivity index (χ1) is 8.91. The van der Waals surface area contributed by atoms with E-state index in [4.69, 9.17) is 10.3 Å². The fourth-order valence-corrected chi connectivity index (χ4v) is 1.71. The fourth-order valence-electron chi connectivity index (χ4n) is 1.71. The Bertz CT molecular complexity index is 581.